The number of nitrogens with zero attached hydrogens (tertiary/aromatic N) is 2. The Hall–Kier alpha value is -15.5. The monoisotopic (exact) mass is 1580 g/mol. The normalized spacial score (nSPS) is 12.6. The van der Waals surface area contributed by atoms with Crippen molar-refractivity contribution in [1.29, 1.82) is 0 Å². The van der Waals surface area contributed by atoms with Crippen LogP contribution in [0, 0.1) is 0 Å². The predicted octanol–water partition coefficient (Wildman–Crippen LogP) is 33.9. The van der Waals surface area contributed by atoms with Crippen LogP contribution in [0.3, 0.4) is 0 Å². The summed E-state index contributed by atoms with van der Waals surface area (Å²) in [7, 11) is 0. The van der Waals surface area contributed by atoms with Gasteiger partial charge in [-0.05, 0) is 251 Å². The summed E-state index contributed by atoms with van der Waals surface area (Å²) in [6, 6.07) is 171. The standard InChI is InChI=1S/C122H88N2/c1-121(2)112-77-99(91-47-45-86(46-48-91)81-27-10-5-11-28-81)65-72-108(112)120-107-43-23-21-41-105(107)118(80-115(120)121)124(116-44-25-24-39-103(116)93-55-49-87(50-56-93)82-29-12-6-13-30-82)101-69-63-92(64-70-101)96-37-26-38-97(75-96)98-66-74-117(111(76-98)95-59-53-89(54-60-95)84-33-16-8-17-34-84)123(100-67-61-90(62-68-100)85-35-18-9-19-36-85)102-71-73-109-113(78-102)122(3,4)114-79-110(104-40-20-22-42-106(104)119(109)114)94-57-51-88(52-58-94)83-31-14-7-15-32-83/h5-80H,1-4H3. The van der Waals surface area contributed by atoms with Crippen LogP contribution in [0.2, 0.25) is 0 Å². The molecular formula is C122H88N2. The van der Waals surface area contributed by atoms with Gasteiger partial charge in [0.1, 0.15) is 0 Å². The highest BCUT2D eigenvalue weighted by atomic mass is 15.2. The average Bonchev–Trinajstić information content (AvgIpc) is 1.52. The zero-order valence-electron chi connectivity index (χ0n) is 69.8. The molecule has 2 aliphatic rings. The number of benzene rings is 20. The van der Waals surface area contributed by atoms with Crippen LogP contribution in [-0.4, -0.2) is 0 Å². The van der Waals surface area contributed by atoms with Crippen LogP contribution >= 0.6 is 0 Å². The van der Waals surface area contributed by atoms with Gasteiger partial charge in [-0.15, -0.1) is 0 Å². The molecule has 0 radical (unpaired) electrons. The first-order valence-corrected chi connectivity index (χ1v) is 43.2. The highest BCUT2D eigenvalue weighted by molar-refractivity contribution is 6.12. The number of rotatable bonds is 17. The van der Waals surface area contributed by atoms with Crippen LogP contribution in [0.4, 0.5) is 34.1 Å². The third-order valence-electron chi connectivity index (χ3n) is 26.3. The first-order valence-electron chi connectivity index (χ1n) is 43.2. The Morgan fingerprint density at radius 1 is 0.145 bits per heavy atom. The second kappa shape index (κ2) is 31.0. The van der Waals surface area contributed by atoms with Crippen LogP contribution in [0.25, 0.3) is 166 Å². The first-order chi connectivity index (χ1) is 61.0. The minimum atomic E-state index is -0.356. The number of hydrogen-bond donors (Lipinski definition) is 0. The summed E-state index contributed by atoms with van der Waals surface area (Å²) < 4.78 is 0. The Morgan fingerprint density at radius 3 is 0.935 bits per heavy atom. The summed E-state index contributed by atoms with van der Waals surface area (Å²) in [5.74, 6) is 0. The van der Waals surface area contributed by atoms with E-state index in [1.54, 1.807) is 0 Å². The van der Waals surface area contributed by atoms with Crippen molar-refractivity contribution in [3.05, 3.63) is 483 Å². The Morgan fingerprint density at radius 2 is 0.444 bits per heavy atom. The molecule has 0 saturated heterocycles. The van der Waals surface area contributed by atoms with Crippen molar-refractivity contribution in [3.63, 3.8) is 0 Å². The zero-order valence-corrected chi connectivity index (χ0v) is 69.8. The van der Waals surface area contributed by atoms with Gasteiger partial charge in [0, 0.05) is 44.4 Å². The lowest BCUT2D eigenvalue weighted by Gasteiger charge is -2.31. The Balaban J connectivity index is 0.656. The molecule has 2 aliphatic carbocycles. The van der Waals surface area contributed by atoms with Crippen LogP contribution in [0.1, 0.15) is 49.9 Å². The van der Waals surface area contributed by atoms with E-state index < -0.39 is 0 Å². The molecule has 22 rings (SSSR count). The second-order valence-corrected chi connectivity index (χ2v) is 34.2. The van der Waals surface area contributed by atoms with Gasteiger partial charge in [-0.1, -0.05) is 410 Å². The van der Waals surface area contributed by atoms with E-state index in [1.807, 2.05) is 0 Å². The van der Waals surface area contributed by atoms with Gasteiger partial charge in [0.15, 0.2) is 0 Å². The van der Waals surface area contributed by atoms with E-state index in [9.17, 15) is 0 Å². The molecule has 0 fully saturated rings. The van der Waals surface area contributed by atoms with Crippen LogP contribution in [0.5, 0.6) is 0 Å². The fourth-order valence-electron chi connectivity index (χ4n) is 19.8. The van der Waals surface area contributed by atoms with Crippen molar-refractivity contribution in [2.75, 3.05) is 9.80 Å². The third kappa shape index (κ3) is 13.3. The molecule has 586 valence electrons. The first kappa shape index (κ1) is 74.8. The molecule has 20 aromatic rings. The van der Waals surface area contributed by atoms with Crippen LogP contribution in [0.15, 0.2) is 461 Å². The molecule has 2 heteroatoms. The predicted molar refractivity (Wildman–Crippen MR) is 526 cm³/mol. The van der Waals surface area contributed by atoms with Gasteiger partial charge in [-0.25, -0.2) is 0 Å². The van der Waals surface area contributed by atoms with Crippen molar-refractivity contribution in [3.8, 4) is 145 Å². The van der Waals surface area contributed by atoms with E-state index in [1.165, 1.54) is 138 Å². The molecule has 0 unspecified atom stereocenters. The molecule has 20 aromatic carbocycles. The molecule has 0 heterocycles. The van der Waals surface area contributed by atoms with Crippen molar-refractivity contribution < 1.29 is 0 Å². The highest BCUT2D eigenvalue weighted by Crippen LogP contribution is 2.59. The fraction of sp³-hybridized carbons (Fsp3) is 0.0492. The second-order valence-electron chi connectivity index (χ2n) is 34.2. The molecule has 0 amide bonds. The molecule has 0 spiro atoms. The molecule has 0 atom stereocenters. The van der Waals surface area contributed by atoms with Gasteiger partial charge >= 0.3 is 0 Å². The van der Waals surface area contributed by atoms with Crippen molar-refractivity contribution in [1.82, 2.24) is 0 Å². The molecule has 0 aliphatic heterocycles. The van der Waals surface area contributed by atoms with Crippen LogP contribution in [-0.2, 0) is 10.8 Å². The van der Waals surface area contributed by atoms with Crippen molar-refractivity contribution in [2.24, 2.45) is 0 Å². The molecule has 0 aromatic heterocycles. The quantitative estimate of drug-likeness (QED) is 0.0896. The van der Waals surface area contributed by atoms with Crippen LogP contribution < -0.4 is 9.80 Å². The van der Waals surface area contributed by atoms with Crippen molar-refractivity contribution in [2.45, 2.75) is 38.5 Å². The summed E-state index contributed by atoms with van der Waals surface area (Å²) >= 11 is 0. The Kier molecular flexibility index (Phi) is 18.7. The maximum Gasteiger partial charge on any atom is 0.0543 e. The van der Waals surface area contributed by atoms with Gasteiger partial charge in [0.25, 0.3) is 0 Å². The number of fused-ring (bicyclic) bond motifs is 10. The van der Waals surface area contributed by atoms with Gasteiger partial charge in [-0.2, -0.15) is 0 Å². The van der Waals surface area contributed by atoms with E-state index in [4.69, 9.17) is 0 Å². The largest absolute Gasteiger partial charge is 0.310 e. The van der Waals surface area contributed by atoms with E-state index >= 15 is 0 Å². The maximum atomic E-state index is 2.53. The van der Waals surface area contributed by atoms with E-state index in [2.05, 4.69) is 499 Å². The molecule has 124 heavy (non-hydrogen) atoms. The Labute approximate surface area is 726 Å². The summed E-state index contributed by atoms with van der Waals surface area (Å²) in [5.41, 5.74) is 42.1. The molecule has 0 saturated carbocycles. The highest BCUT2D eigenvalue weighted by Gasteiger charge is 2.41. The fourth-order valence-corrected chi connectivity index (χ4v) is 19.8. The molecule has 0 bridgehead atoms. The summed E-state index contributed by atoms with van der Waals surface area (Å²) in [6.45, 7) is 9.69. The number of para-hydroxylation sites is 1. The smallest absolute Gasteiger partial charge is 0.0543 e. The van der Waals surface area contributed by atoms with Gasteiger partial charge in [0.2, 0.25) is 0 Å². The molecule has 0 N–H and O–H groups in total. The van der Waals surface area contributed by atoms with Gasteiger partial charge in [0.05, 0.1) is 17.1 Å². The molecular weight excluding hydrogens is 1490 g/mol. The van der Waals surface area contributed by atoms with Gasteiger partial charge < -0.3 is 9.80 Å². The van der Waals surface area contributed by atoms with E-state index in [0.29, 0.717) is 0 Å². The summed E-state index contributed by atoms with van der Waals surface area (Å²) in [5, 5.41) is 4.94. The van der Waals surface area contributed by atoms with E-state index in [0.717, 1.165) is 84.2 Å². The van der Waals surface area contributed by atoms with Crippen molar-refractivity contribution >= 4 is 55.7 Å². The summed E-state index contributed by atoms with van der Waals surface area (Å²) in [4.78, 5) is 5.04. The van der Waals surface area contributed by atoms with Gasteiger partial charge in [-0.3, -0.25) is 0 Å². The summed E-state index contributed by atoms with van der Waals surface area (Å²) in [6.07, 6.45) is 0. The average molecular weight is 1580 g/mol. The third-order valence-corrected chi connectivity index (χ3v) is 26.3. The molecule has 2 nitrogen and oxygen atoms in total. The lowest BCUT2D eigenvalue weighted by Crippen LogP contribution is -2.17. The zero-order chi connectivity index (χ0) is 83.0. The number of hydrogen-bond acceptors (Lipinski definition) is 2. The lowest BCUT2D eigenvalue weighted by atomic mass is 9.80. The maximum absolute atomic E-state index is 2.53. The topological polar surface area (TPSA) is 6.48 Å². The van der Waals surface area contributed by atoms with E-state index in [-0.39, 0.29) is 10.8 Å². The SMILES string of the molecule is CC1(C)c2cc(N(c3ccc(-c4ccccc4)cc3)c3ccc(-c4cccc(-c5ccc(N(c6ccccc6-c6ccc(-c7ccccc7)cc6)c6cc7c(c8ccccc68)-c6ccc(-c8ccc(-c9ccccc9)cc8)cc6C7(C)C)cc5)c4)cc3-c3ccc(-c4ccccc4)cc3)ccc2-c2c1cc(-c1ccc(-c3ccccc3)cc1)c1ccccc21. The minimum absolute atomic E-state index is 0.340. The minimum Gasteiger partial charge on any atom is -0.310 e. The lowest BCUT2D eigenvalue weighted by molar-refractivity contribution is 0.661. The Bertz CT molecular complexity index is 7420. The number of anilines is 6.